The summed E-state index contributed by atoms with van der Waals surface area (Å²) in [5.74, 6) is 0.535. The number of carbonyl (C=O) groups is 1. The van der Waals surface area contributed by atoms with Crippen LogP contribution in [0.25, 0.3) is 0 Å². The van der Waals surface area contributed by atoms with E-state index in [1.165, 1.54) is 26.4 Å². The molecule has 6 nitrogen and oxygen atoms in total. The molecule has 0 aliphatic heterocycles. The summed E-state index contributed by atoms with van der Waals surface area (Å²) in [7, 11) is 1.40. The average Bonchev–Trinajstić information content (AvgIpc) is 3.45. The van der Waals surface area contributed by atoms with Gasteiger partial charge in [-0.3, -0.25) is 4.98 Å². The first kappa shape index (κ1) is 16.7. The average molecular weight is 330 g/mol. The topological polar surface area (TPSA) is 89.6 Å². The number of hydrogen-bond donors (Lipinski definition) is 2. The Bertz CT molecular complexity index is 619. The molecule has 0 bridgehead atoms. The van der Waals surface area contributed by atoms with Gasteiger partial charge in [-0.05, 0) is 37.8 Å². The highest BCUT2D eigenvalue weighted by Crippen LogP contribution is 2.40. The van der Waals surface area contributed by atoms with E-state index in [4.69, 9.17) is 10.5 Å². The zero-order valence-electron chi connectivity index (χ0n) is 14.3. The minimum atomic E-state index is -0.321. The van der Waals surface area contributed by atoms with Crippen molar-refractivity contribution in [1.29, 1.82) is 0 Å². The maximum atomic E-state index is 11.8. The summed E-state index contributed by atoms with van der Waals surface area (Å²) in [6.45, 7) is 0.423. The minimum absolute atomic E-state index is 0.321. The zero-order chi connectivity index (χ0) is 16.9. The molecule has 6 heteroatoms. The molecule has 0 unspecified atom stereocenters. The number of pyridine rings is 1. The van der Waals surface area contributed by atoms with Gasteiger partial charge in [0, 0.05) is 12.0 Å². The van der Waals surface area contributed by atoms with Gasteiger partial charge in [0.15, 0.2) is 5.96 Å². The van der Waals surface area contributed by atoms with Gasteiger partial charge < -0.3 is 15.8 Å². The van der Waals surface area contributed by atoms with Gasteiger partial charge in [0.2, 0.25) is 0 Å². The molecule has 130 valence electrons. The van der Waals surface area contributed by atoms with Crippen LogP contribution in [-0.4, -0.2) is 30.1 Å². The fourth-order valence-corrected chi connectivity index (χ4v) is 3.22. The van der Waals surface area contributed by atoms with Crippen LogP contribution < -0.4 is 11.1 Å². The standard InChI is InChI=1S/C18H26N4O2/c1-24-17(23)15-10-9-14(21-16(15)12-7-8-12)11-20-18(19)22-13-5-3-2-4-6-13/h9-10,12-13H,2-8,11H2,1H3,(H3,19,20,22). The lowest BCUT2D eigenvalue weighted by Gasteiger charge is -2.23. The first-order chi connectivity index (χ1) is 11.7. The van der Waals surface area contributed by atoms with E-state index in [0.29, 0.717) is 30.0 Å². The predicted molar refractivity (Wildman–Crippen MR) is 92.9 cm³/mol. The van der Waals surface area contributed by atoms with Crippen molar-refractivity contribution in [2.75, 3.05) is 7.11 Å². The molecular weight excluding hydrogens is 304 g/mol. The van der Waals surface area contributed by atoms with Gasteiger partial charge in [0.25, 0.3) is 0 Å². The number of rotatable bonds is 5. The molecule has 0 atom stereocenters. The minimum Gasteiger partial charge on any atom is -0.465 e. The van der Waals surface area contributed by atoms with E-state index in [2.05, 4.69) is 15.3 Å². The maximum Gasteiger partial charge on any atom is 0.339 e. The second-order valence-electron chi connectivity index (χ2n) is 6.68. The highest BCUT2D eigenvalue weighted by Gasteiger charge is 2.30. The molecule has 2 saturated carbocycles. The van der Waals surface area contributed by atoms with Gasteiger partial charge in [0.1, 0.15) is 0 Å². The van der Waals surface area contributed by atoms with E-state index >= 15 is 0 Å². The highest BCUT2D eigenvalue weighted by molar-refractivity contribution is 5.90. The molecule has 1 aromatic rings. The SMILES string of the molecule is COC(=O)c1ccc(CN=C(N)NC2CCCCC2)nc1C1CC1. The molecule has 0 spiro atoms. The summed E-state index contributed by atoms with van der Waals surface area (Å²) in [4.78, 5) is 20.9. The van der Waals surface area contributed by atoms with Gasteiger partial charge in [0.05, 0.1) is 30.6 Å². The number of carbonyl (C=O) groups excluding carboxylic acids is 1. The molecular formula is C18H26N4O2. The molecule has 1 heterocycles. The summed E-state index contributed by atoms with van der Waals surface area (Å²) in [6.07, 6.45) is 8.31. The Hall–Kier alpha value is -2.11. The molecule has 0 amide bonds. The summed E-state index contributed by atoms with van der Waals surface area (Å²) in [5, 5.41) is 3.30. The van der Waals surface area contributed by atoms with Crippen molar-refractivity contribution >= 4 is 11.9 Å². The molecule has 0 aromatic carbocycles. The normalized spacial score (nSPS) is 19.1. The van der Waals surface area contributed by atoms with Crippen LogP contribution in [0.15, 0.2) is 17.1 Å². The molecule has 0 saturated heterocycles. The summed E-state index contributed by atoms with van der Waals surface area (Å²) >= 11 is 0. The second kappa shape index (κ2) is 7.64. The van der Waals surface area contributed by atoms with Crippen LogP contribution in [-0.2, 0) is 11.3 Å². The Balaban J connectivity index is 1.65. The van der Waals surface area contributed by atoms with E-state index in [9.17, 15) is 4.79 Å². The largest absolute Gasteiger partial charge is 0.465 e. The first-order valence-corrected chi connectivity index (χ1v) is 8.82. The number of nitrogens with two attached hydrogens (primary N) is 1. The fraction of sp³-hybridized carbons (Fsp3) is 0.611. The number of aliphatic imine (C=N–C) groups is 1. The molecule has 2 fully saturated rings. The van der Waals surface area contributed by atoms with Crippen molar-refractivity contribution in [1.82, 2.24) is 10.3 Å². The van der Waals surface area contributed by atoms with E-state index < -0.39 is 0 Å². The molecule has 2 aliphatic carbocycles. The summed E-state index contributed by atoms with van der Waals surface area (Å²) in [5.41, 5.74) is 8.24. The Morgan fingerprint density at radius 2 is 2.04 bits per heavy atom. The number of methoxy groups -OCH3 is 1. The van der Waals surface area contributed by atoms with Gasteiger partial charge >= 0.3 is 5.97 Å². The predicted octanol–water partition coefficient (Wildman–Crippen LogP) is 2.48. The molecule has 1 aromatic heterocycles. The van der Waals surface area contributed by atoms with Crippen molar-refractivity contribution in [2.24, 2.45) is 10.7 Å². The second-order valence-corrected chi connectivity index (χ2v) is 6.68. The number of aromatic nitrogens is 1. The van der Waals surface area contributed by atoms with Crippen LogP contribution in [0.1, 0.15) is 72.6 Å². The fourth-order valence-electron chi connectivity index (χ4n) is 3.22. The van der Waals surface area contributed by atoms with Gasteiger partial charge in [-0.1, -0.05) is 19.3 Å². The van der Waals surface area contributed by atoms with Crippen LogP contribution in [0.3, 0.4) is 0 Å². The monoisotopic (exact) mass is 330 g/mol. The number of nitrogens with zero attached hydrogens (tertiary/aromatic N) is 2. The van der Waals surface area contributed by atoms with E-state index in [0.717, 1.165) is 37.1 Å². The summed E-state index contributed by atoms with van der Waals surface area (Å²) in [6, 6.07) is 4.07. The number of esters is 1. The lowest BCUT2D eigenvalue weighted by atomic mass is 9.96. The smallest absolute Gasteiger partial charge is 0.339 e. The Labute approximate surface area is 142 Å². The number of hydrogen-bond acceptors (Lipinski definition) is 4. The quantitative estimate of drug-likeness (QED) is 0.492. The third-order valence-corrected chi connectivity index (χ3v) is 4.72. The van der Waals surface area contributed by atoms with Crippen molar-refractivity contribution in [3.63, 3.8) is 0 Å². The number of guanidine groups is 1. The third kappa shape index (κ3) is 4.24. The first-order valence-electron chi connectivity index (χ1n) is 8.82. The lowest BCUT2D eigenvalue weighted by Crippen LogP contribution is -2.41. The highest BCUT2D eigenvalue weighted by atomic mass is 16.5. The Morgan fingerprint density at radius 1 is 1.29 bits per heavy atom. The van der Waals surface area contributed by atoms with E-state index in [1.54, 1.807) is 6.07 Å². The van der Waals surface area contributed by atoms with Crippen LogP contribution in [0.2, 0.25) is 0 Å². The van der Waals surface area contributed by atoms with Crippen LogP contribution in [0, 0.1) is 0 Å². The molecule has 0 radical (unpaired) electrons. The van der Waals surface area contributed by atoms with Gasteiger partial charge in [-0.15, -0.1) is 0 Å². The molecule has 3 rings (SSSR count). The van der Waals surface area contributed by atoms with Gasteiger partial charge in [-0.25, -0.2) is 9.79 Å². The number of ether oxygens (including phenoxy) is 1. The van der Waals surface area contributed by atoms with Gasteiger partial charge in [-0.2, -0.15) is 0 Å². The third-order valence-electron chi connectivity index (χ3n) is 4.72. The number of nitrogens with one attached hydrogen (secondary N) is 1. The van der Waals surface area contributed by atoms with Crippen molar-refractivity contribution in [3.05, 3.63) is 29.1 Å². The molecule has 24 heavy (non-hydrogen) atoms. The zero-order valence-corrected chi connectivity index (χ0v) is 14.3. The Morgan fingerprint density at radius 3 is 2.71 bits per heavy atom. The van der Waals surface area contributed by atoms with Crippen molar-refractivity contribution in [3.8, 4) is 0 Å². The molecule has 3 N–H and O–H groups in total. The molecule has 2 aliphatic rings. The van der Waals surface area contributed by atoms with Crippen LogP contribution in [0.5, 0.6) is 0 Å². The van der Waals surface area contributed by atoms with Crippen LogP contribution >= 0.6 is 0 Å². The van der Waals surface area contributed by atoms with E-state index in [-0.39, 0.29) is 5.97 Å². The van der Waals surface area contributed by atoms with Crippen molar-refractivity contribution < 1.29 is 9.53 Å². The lowest BCUT2D eigenvalue weighted by molar-refractivity contribution is 0.0598. The van der Waals surface area contributed by atoms with Crippen molar-refractivity contribution in [2.45, 2.75) is 63.5 Å². The Kier molecular flexibility index (Phi) is 5.33. The van der Waals surface area contributed by atoms with E-state index in [1.807, 2.05) is 6.07 Å². The summed E-state index contributed by atoms with van der Waals surface area (Å²) < 4.78 is 4.84. The maximum absolute atomic E-state index is 11.8. The van der Waals surface area contributed by atoms with Crippen LogP contribution in [0.4, 0.5) is 0 Å².